The van der Waals surface area contributed by atoms with Gasteiger partial charge in [0.15, 0.2) is 0 Å². The van der Waals surface area contributed by atoms with Crippen LogP contribution in [-0.2, 0) is 10.5 Å². The molecule has 0 fully saturated rings. The van der Waals surface area contributed by atoms with Gasteiger partial charge in [0.1, 0.15) is 0 Å². The number of benzene rings is 1. The van der Waals surface area contributed by atoms with Crippen LogP contribution in [0.2, 0.25) is 0 Å². The molecule has 0 aromatic heterocycles. The first-order valence-corrected chi connectivity index (χ1v) is 6.18. The fourth-order valence-corrected chi connectivity index (χ4v) is 2.46. The molecule has 0 saturated carbocycles. The first kappa shape index (κ1) is 13.0. The van der Waals surface area contributed by atoms with Gasteiger partial charge in [-0.2, -0.15) is 0 Å². The van der Waals surface area contributed by atoms with Crippen LogP contribution in [0.15, 0.2) is 22.7 Å². The molecule has 5 nitrogen and oxygen atoms in total. The highest BCUT2D eigenvalue weighted by Crippen LogP contribution is 2.26. The van der Waals surface area contributed by atoms with E-state index < -0.39 is 10.9 Å². The minimum Gasteiger partial charge on any atom is -0.481 e. The number of thioether (sulfide) groups is 1. The van der Waals surface area contributed by atoms with Crippen LogP contribution in [-0.4, -0.2) is 21.8 Å². The molecule has 0 saturated heterocycles. The molecule has 0 aliphatic heterocycles. The first-order chi connectivity index (χ1) is 7.50. The molecule has 0 unspecified atom stereocenters. The smallest absolute Gasteiger partial charge is 0.313 e. The van der Waals surface area contributed by atoms with E-state index in [2.05, 4.69) is 15.9 Å². The number of nitrogens with zero attached hydrogens (tertiary/aromatic N) is 1. The summed E-state index contributed by atoms with van der Waals surface area (Å²) in [5.74, 6) is -0.350. The third kappa shape index (κ3) is 3.82. The Labute approximate surface area is 104 Å². The summed E-state index contributed by atoms with van der Waals surface area (Å²) in [6.45, 7) is 0. The molecule has 0 atom stereocenters. The van der Waals surface area contributed by atoms with Gasteiger partial charge in [0.2, 0.25) is 0 Å². The van der Waals surface area contributed by atoms with Crippen molar-refractivity contribution < 1.29 is 14.8 Å². The summed E-state index contributed by atoms with van der Waals surface area (Å²) < 4.78 is 0.625. The number of nitro benzene ring substituents is 1. The molecule has 0 radical (unpaired) electrons. The molecule has 0 heterocycles. The maximum atomic E-state index is 10.5. The molecule has 1 N–H and O–H groups in total. The highest BCUT2D eigenvalue weighted by atomic mass is 79.9. The van der Waals surface area contributed by atoms with Crippen molar-refractivity contribution in [3.63, 3.8) is 0 Å². The second-order valence-electron chi connectivity index (χ2n) is 2.92. The summed E-state index contributed by atoms with van der Waals surface area (Å²) in [5.41, 5.74) is 0.857. The number of aliphatic carboxylic acids is 1. The molecule has 0 aliphatic rings. The standard InChI is InChI=1S/C9H8BrNO4S/c10-8-3-7(11(14)15)2-1-6(8)4-16-5-9(12)13/h1-3H,4-5H2,(H,12,13). The van der Waals surface area contributed by atoms with Crippen molar-refractivity contribution in [2.24, 2.45) is 0 Å². The molecule has 86 valence electrons. The lowest BCUT2D eigenvalue weighted by molar-refractivity contribution is -0.384. The van der Waals surface area contributed by atoms with Crippen LogP contribution in [0.1, 0.15) is 5.56 Å². The Morgan fingerprint density at radius 1 is 1.56 bits per heavy atom. The number of non-ortho nitro benzene ring substituents is 1. The number of carbonyl (C=O) groups is 1. The Morgan fingerprint density at radius 3 is 2.75 bits per heavy atom. The number of nitro groups is 1. The highest BCUT2D eigenvalue weighted by Gasteiger charge is 2.09. The van der Waals surface area contributed by atoms with Gasteiger partial charge in [0.25, 0.3) is 5.69 Å². The number of carboxylic acids is 1. The largest absolute Gasteiger partial charge is 0.481 e. The molecule has 0 amide bonds. The molecule has 0 aliphatic carbocycles. The topological polar surface area (TPSA) is 80.4 Å². The summed E-state index contributed by atoms with van der Waals surface area (Å²) in [5, 5.41) is 18.9. The fourth-order valence-electron chi connectivity index (χ4n) is 1.02. The van der Waals surface area contributed by atoms with Gasteiger partial charge in [-0.05, 0) is 5.56 Å². The summed E-state index contributed by atoms with van der Waals surface area (Å²) in [6.07, 6.45) is 0. The second kappa shape index (κ2) is 5.86. The lowest BCUT2D eigenvalue weighted by atomic mass is 10.2. The van der Waals surface area contributed by atoms with Crippen LogP contribution >= 0.6 is 27.7 Å². The fraction of sp³-hybridized carbons (Fsp3) is 0.222. The van der Waals surface area contributed by atoms with Gasteiger partial charge in [-0.15, -0.1) is 11.8 Å². The predicted octanol–water partition coefficient (Wildman–Crippen LogP) is 2.68. The van der Waals surface area contributed by atoms with Crippen LogP contribution in [0.5, 0.6) is 0 Å². The molecule has 1 rings (SSSR count). The number of halogens is 1. The first-order valence-electron chi connectivity index (χ1n) is 4.23. The second-order valence-corrected chi connectivity index (χ2v) is 4.76. The summed E-state index contributed by atoms with van der Waals surface area (Å²) >= 11 is 4.46. The van der Waals surface area contributed by atoms with Crippen molar-refractivity contribution in [1.82, 2.24) is 0 Å². The zero-order chi connectivity index (χ0) is 12.1. The van der Waals surface area contributed by atoms with Crippen molar-refractivity contribution in [2.45, 2.75) is 5.75 Å². The van der Waals surface area contributed by atoms with E-state index >= 15 is 0 Å². The zero-order valence-corrected chi connectivity index (χ0v) is 10.5. The maximum Gasteiger partial charge on any atom is 0.313 e. The van der Waals surface area contributed by atoms with Gasteiger partial charge < -0.3 is 5.11 Å². The van der Waals surface area contributed by atoms with E-state index in [1.54, 1.807) is 6.07 Å². The van der Waals surface area contributed by atoms with E-state index in [1.807, 2.05) is 0 Å². The minimum absolute atomic E-state index is 0.0128. The Morgan fingerprint density at radius 2 is 2.25 bits per heavy atom. The van der Waals surface area contributed by atoms with Crippen LogP contribution in [0.25, 0.3) is 0 Å². The van der Waals surface area contributed by atoms with Gasteiger partial charge in [0, 0.05) is 22.4 Å². The van der Waals surface area contributed by atoms with Crippen molar-refractivity contribution in [1.29, 1.82) is 0 Å². The highest BCUT2D eigenvalue weighted by molar-refractivity contribution is 9.10. The number of rotatable bonds is 5. The molecular weight excluding hydrogens is 298 g/mol. The van der Waals surface area contributed by atoms with Crippen molar-refractivity contribution in [3.8, 4) is 0 Å². The van der Waals surface area contributed by atoms with Crippen LogP contribution in [0.4, 0.5) is 5.69 Å². The Bertz CT molecular complexity index is 424. The minimum atomic E-state index is -0.872. The SMILES string of the molecule is O=C(O)CSCc1ccc([N+](=O)[O-])cc1Br. The van der Waals surface area contributed by atoms with E-state index in [-0.39, 0.29) is 11.4 Å². The van der Waals surface area contributed by atoms with Gasteiger partial charge in [-0.25, -0.2) is 0 Å². The zero-order valence-electron chi connectivity index (χ0n) is 8.05. The average molecular weight is 306 g/mol. The summed E-state index contributed by atoms with van der Waals surface area (Å²) in [6, 6.07) is 4.44. The van der Waals surface area contributed by atoms with Crippen LogP contribution < -0.4 is 0 Å². The Kier molecular flexibility index (Phi) is 4.75. The van der Waals surface area contributed by atoms with E-state index in [0.29, 0.717) is 10.2 Å². The lowest BCUT2D eigenvalue weighted by Crippen LogP contribution is -1.98. The van der Waals surface area contributed by atoms with E-state index in [0.717, 1.165) is 5.56 Å². The van der Waals surface area contributed by atoms with Crippen molar-refractivity contribution in [2.75, 3.05) is 5.75 Å². The summed E-state index contributed by atoms with van der Waals surface area (Å²) in [7, 11) is 0. The lowest BCUT2D eigenvalue weighted by Gasteiger charge is -2.02. The maximum absolute atomic E-state index is 10.5. The van der Waals surface area contributed by atoms with E-state index in [4.69, 9.17) is 5.11 Å². The van der Waals surface area contributed by atoms with Crippen LogP contribution in [0.3, 0.4) is 0 Å². The van der Waals surface area contributed by atoms with Gasteiger partial charge in [-0.1, -0.05) is 22.0 Å². The number of hydrogen-bond acceptors (Lipinski definition) is 4. The molecule has 16 heavy (non-hydrogen) atoms. The summed E-state index contributed by atoms with van der Waals surface area (Å²) in [4.78, 5) is 20.3. The molecule has 0 spiro atoms. The van der Waals surface area contributed by atoms with E-state index in [1.165, 1.54) is 23.9 Å². The number of hydrogen-bond donors (Lipinski definition) is 1. The normalized spacial score (nSPS) is 10.1. The van der Waals surface area contributed by atoms with Gasteiger partial charge in [-0.3, -0.25) is 14.9 Å². The van der Waals surface area contributed by atoms with Gasteiger partial charge in [0.05, 0.1) is 10.7 Å². The Balaban J connectivity index is 2.68. The molecule has 0 bridgehead atoms. The third-order valence-electron chi connectivity index (χ3n) is 1.73. The Hall–Kier alpha value is -1.08. The van der Waals surface area contributed by atoms with Crippen LogP contribution in [0, 0.1) is 10.1 Å². The van der Waals surface area contributed by atoms with Crippen molar-refractivity contribution in [3.05, 3.63) is 38.3 Å². The molecular formula is C9H8BrNO4S. The molecule has 1 aromatic rings. The van der Waals surface area contributed by atoms with Crippen molar-refractivity contribution >= 4 is 39.3 Å². The predicted molar refractivity (Wildman–Crippen MR) is 64.6 cm³/mol. The number of carboxylic acid groups (broad SMARTS) is 1. The van der Waals surface area contributed by atoms with Gasteiger partial charge >= 0.3 is 5.97 Å². The average Bonchev–Trinajstić information content (AvgIpc) is 2.19. The quantitative estimate of drug-likeness (QED) is 0.668. The van der Waals surface area contributed by atoms with E-state index in [9.17, 15) is 14.9 Å². The monoisotopic (exact) mass is 305 g/mol. The molecule has 1 aromatic carbocycles. The molecule has 7 heteroatoms. The third-order valence-corrected chi connectivity index (χ3v) is 3.43.